The van der Waals surface area contributed by atoms with E-state index in [1.807, 2.05) is 30.3 Å². The van der Waals surface area contributed by atoms with E-state index in [0.29, 0.717) is 19.7 Å². The summed E-state index contributed by atoms with van der Waals surface area (Å²) in [5.74, 6) is 0.0675. The SMILES string of the molecule is Cn1cc([C@H]2CN(C(=O)c3ccc(Br)s3)CCO2)cn1. The van der Waals surface area contributed by atoms with E-state index in [9.17, 15) is 4.79 Å². The molecule has 1 saturated heterocycles. The Labute approximate surface area is 129 Å². The van der Waals surface area contributed by atoms with Gasteiger partial charge in [-0.1, -0.05) is 0 Å². The van der Waals surface area contributed by atoms with Gasteiger partial charge in [0.05, 0.1) is 28.0 Å². The van der Waals surface area contributed by atoms with Gasteiger partial charge in [0.25, 0.3) is 5.91 Å². The lowest BCUT2D eigenvalue weighted by Crippen LogP contribution is -2.41. The minimum Gasteiger partial charge on any atom is -0.370 e. The standard InChI is InChI=1S/C13H14BrN3O2S/c1-16-7-9(6-15-16)10-8-17(4-5-19-10)13(18)11-2-3-12(14)20-11/h2-3,6-7,10H,4-5,8H2,1H3/t10-/m1/s1. The minimum absolute atomic E-state index is 0.0675. The van der Waals surface area contributed by atoms with E-state index in [-0.39, 0.29) is 12.0 Å². The summed E-state index contributed by atoms with van der Waals surface area (Å²) in [7, 11) is 1.87. The molecular formula is C13H14BrN3O2S. The fraction of sp³-hybridized carbons (Fsp3) is 0.385. The lowest BCUT2D eigenvalue weighted by Gasteiger charge is -2.32. The number of hydrogen-bond donors (Lipinski definition) is 0. The molecule has 1 amide bonds. The Hall–Kier alpha value is -1.18. The number of thiophene rings is 1. The summed E-state index contributed by atoms with van der Waals surface area (Å²) in [6.07, 6.45) is 3.63. The zero-order valence-electron chi connectivity index (χ0n) is 11.0. The Morgan fingerprint density at radius 3 is 3.05 bits per heavy atom. The Balaban J connectivity index is 1.73. The normalized spacial score (nSPS) is 19.3. The second kappa shape index (κ2) is 5.67. The molecule has 0 aromatic carbocycles. The van der Waals surface area contributed by atoms with Crippen LogP contribution in [0.25, 0.3) is 0 Å². The van der Waals surface area contributed by atoms with E-state index >= 15 is 0 Å². The molecule has 0 radical (unpaired) electrons. The van der Waals surface area contributed by atoms with Gasteiger partial charge >= 0.3 is 0 Å². The van der Waals surface area contributed by atoms with Gasteiger partial charge in [0.2, 0.25) is 0 Å². The minimum atomic E-state index is -0.0928. The van der Waals surface area contributed by atoms with E-state index in [1.54, 1.807) is 10.9 Å². The van der Waals surface area contributed by atoms with Crippen LogP contribution in [0, 0.1) is 0 Å². The summed E-state index contributed by atoms with van der Waals surface area (Å²) in [6.45, 7) is 1.75. The van der Waals surface area contributed by atoms with Crippen molar-refractivity contribution >= 4 is 33.2 Å². The lowest BCUT2D eigenvalue weighted by molar-refractivity contribution is -0.0226. The monoisotopic (exact) mass is 355 g/mol. The molecule has 1 aliphatic rings. The highest BCUT2D eigenvalue weighted by atomic mass is 79.9. The van der Waals surface area contributed by atoms with Crippen LogP contribution >= 0.6 is 27.3 Å². The number of carbonyl (C=O) groups is 1. The summed E-state index contributed by atoms with van der Waals surface area (Å²) in [5.41, 5.74) is 1.01. The van der Waals surface area contributed by atoms with Gasteiger partial charge in [0, 0.05) is 25.4 Å². The summed E-state index contributed by atoms with van der Waals surface area (Å²) in [4.78, 5) is 15.0. The van der Waals surface area contributed by atoms with E-state index in [1.165, 1.54) is 11.3 Å². The predicted octanol–water partition coefficient (Wildman–Crippen LogP) is 2.46. The zero-order chi connectivity index (χ0) is 14.1. The van der Waals surface area contributed by atoms with E-state index in [2.05, 4.69) is 21.0 Å². The Kier molecular flexibility index (Phi) is 3.91. The predicted molar refractivity (Wildman–Crippen MR) is 79.8 cm³/mol. The molecule has 0 N–H and O–H groups in total. The second-order valence-electron chi connectivity index (χ2n) is 4.66. The lowest BCUT2D eigenvalue weighted by atomic mass is 10.1. The maximum absolute atomic E-state index is 12.4. The van der Waals surface area contributed by atoms with Crippen molar-refractivity contribution in [2.75, 3.05) is 19.7 Å². The van der Waals surface area contributed by atoms with Gasteiger partial charge in [0.1, 0.15) is 6.10 Å². The third-order valence-corrected chi connectivity index (χ3v) is 4.85. The summed E-state index contributed by atoms with van der Waals surface area (Å²) < 4.78 is 8.46. The smallest absolute Gasteiger partial charge is 0.264 e. The number of aromatic nitrogens is 2. The van der Waals surface area contributed by atoms with Crippen molar-refractivity contribution in [1.29, 1.82) is 0 Å². The van der Waals surface area contributed by atoms with Crippen LogP contribution in [0.5, 0.6) is 0 Å². The van der Waals surface area contributed by atoms with Gasteiger partial charge in [-0.3, -0.25) is 9.48 Å². The molecule has 0 aliphatic carbocycles. The second-order valence-corrected chi connectivity index (χ2v) is 7.12. The number of aryl methyl sites for hydroxylation is 1. The van der Waals surface area contributed by atoms with Crippen LogP contribution in [0.1, 0.15) is 21.3 Å². The van der Waals surface area contributed by atoms with Gasteiger partial charge in [-0.05, 0) is 28.1 Å². The highest BCUT2D eigenvalue weighted by Gasteiger charge is 2.27. The average molecular weight is 356 g/mol. The molecular weight excluding hydrogens is 342 g/mol. The number of amides is 1. The number of carbonyl (C=O) groups excluding carboxylic acids is 1. The van der Waals surface area contributed by atoms with Crippen molar-refractivity contribution in [2.45, 2.75) is 6.10 Å². The van der Waals surface area contributed by atoms with Crippen molar-refractivity contribution < 1.29 is 9.53 Å². The third-order valence-electron chi connectivity index (χ3n) is 3.23. The number of ether oxygens (including phenoxy) is 1. The molecule has 106 valence electrons. The molecule has 1 fully saturated rings. The fourth-order valence-electron chi connectivity index (χ4n) is 2.23. The number of halogens is 1. The molecule has 0 saturated carbocycles. The maximum Gasteiger partial charge on any atom is 0.264 e. The number of rotatable bonds is 2. The van der Waals surface area contributed by atoms with Crippen LogP contribution in [-0.2, 0) is 11.8 Å². The van der Waals surface area contributed by atoms with Crippen LogP contribution in [0.2, 0.25) is 0 Å². The fourth-order valence-corrected chi connectivity index (χ4v) is 3.58. The number of morpholine rings is 1. The van der Waals surface area contributed by atoms with E-state index in [0.717, 1.165) is 14.2 Å². The number of nitrogens with zero attached hydrogens (tertiary/aromatic N) is 3. The summed E-state index contributed by atoms with van der Waals surface area (Å²) in [6, 6.07) is 3.75. The zero-order valence-corrected chi connectivity index (χ0v) is 13.4. The highest BCUT2D eigenvalue weighted by molar-refractivity contribution is 9.11. The Bertz CT molecular complexity index is 625. The average Bonchev–Trinajstić information content (AvgIpc) is 3.07. The van der Waals surface area contributed by atoms with Gasteiger partial charge in [-0.2, -0.15) is 5.10 Å². The first-order chi connectivity index (χ1) is 9.63. The van der Waals surface area contributed by atoms with Gasteiger partial charge < -0.3 is 9.64 Å². The van der Waals surface area contributed by atoms with Crippen LogP contribution in [-0.4, -0.2) is 40.3 Å². The molecule has 1 aliphatic heterocycles. The van der Waals surface area contributed by atoms with Gasteiger partial charge in [0.15, 0.2) is 0 Å². The van der Waals surface area contributed by atoms with Crippen molar-refractivity contribution in [3.63, 3.8) is 0 Å². The Morgan fingerprint density at radius 1 is 1.55 bits per heavy atom. The van der Waals surface area contributed by atoms with Crippen molar-refractivity contribution in [3.05, 3.63) is 38.8 Å². The molecule has 3 rings (SSSR count). The molecule has 0 bridgehead atoms. The molecule has 0 unspecified atom stereocenters. The van der Waals surface area contributed by atoms with Crippen molar-refractivity contribution in [1.82, 2.24) is 14.7 Å². The summed E-state index contributed by atoms with van der Waals surface area (Å²) in [5, 5.41) is 4.15. The van der Waals surface area contributed by atoms with Crippen LogP contribution in [0.4, 0.5) is 0 Å². The first kappa shape index (κ1) is 13.8. The quantitative estimate of drug-likeness (QED) is 0.831. The van der Waals surface area contributed by atoms with E-state index in [4.69, 9.17) is 4.74 Å². The molecule has 5 nitrogen and oxygen atoms in total. The van der Waals surface area contributed by atoms with E-state index < -0.39 is 0 Å². The molecule has 3 heterocycles. The van der Waals surface area contributed by atoms with Gasteiger partial charge in [-0.15, -0.1) is 11.3 Å². The highest BCUT2D eigenvalue weighted by Crippen LogP contribution is 2.26. The first-order valence-corrected chi connectivity index (χ1v) is 7.89. The van der Waals surface area contributed by atoms with Crippen LogP contribution in [0.15, 0.2) is 28.3 Å². The first-order valence-electron chi connectivity index (χ1n) is 6.28. The molecule has 7 heteroatoms. The molecule has 2 aromatic rings. The van der Waals surface area contributed by atoms with Crippen LogP contribution < -0.4 is 0 Å². The molecule has 1 atom stereocenters. The summed E-state index contributed by atoms with van der Waals surface area (Å²) >= 11 is 4.85. The molecule has 0 spiro atoms. The van der Waals surface area contributed by atoms with Gasteiger partial charge in [-0.25, -0.2) is 0 Å². The number of hydrogen-bond acceptors (Lipinski definition) is 4. The Morgan fingerprint density at radius 2 is 2.40 bits per heavy atom. The van der Waals surface area contributed by atoms with Crippen LogP contribution in [0.3, 0.4) is 0 Å². The third kappa shape index (κ3) is 2.79. The topological polar surface area (TPSA) is 47.4 Å². The van der Waals surface area contributed by atoms with Crippen molar-refractivity contribution in [3.8, 4) is 0 Å². The molecule has 20 heavy (non-hydrogen) atoms. The molecule has 2 aromatic heterocycles. The largest absolute Gasteiger partial charge is 0.370 e. The van der Waals surface area contributed by atoms with Crippen molar-refractivity contribution in [2.24, 2.45) is 7.05 Å². The maximum atomic E-state index is 12.4.